The van der Waals surface area contributed by atoms with Crippen LogP contribution < -0.4 is 53.2 Å². The second-order valence-electron chi connectivity index (χ2n) is 25.2. The van der Waals surface area contributed by atoms with E-state index in [1.165, 1.54) is 42.5 Å². The molecule has 0 fully saturated rings. The van der Waals surface area contributed by atoms with E-state index in [4.69, 9.17) is 84.3 Å². The van der Waals surface area contributed by atoms with Crippen molar-refractivity contribution in [1.29, 1.82) is 0 Å². The first-order valence-corrected chi connectivity index (χ1v) is 36.2. The van der Waals surface area contributed by atoms with Gasteiger partial charge in [-0.25, -0.2) is 0 Å². The predicted molar refractivity (Wildman–Crippen MR) is 462 cm³/mol. The van der Waals surface area contributed by atoms with E-state index in [2.05, 4.69) is 53.2 Å². The van der Waals surface area contributed by atoms with E-state index in [1.807, 2.05) is 99.6 Å². The van der Waals surface area contributed by atoms with Crippen LogP contribution in [0.2, 0.25) is 10.0 Å². The zero-order valence-electron chi connectivity index (χ0n) is 62.0. The minimum Gasteiger partial charge on any atom is -0.506 e. The number of rotatable bonds is 12. The molecule has 33 heteroatoms. The number of nitrogens with one attached hydrogen (secondary N) is 10. The lowest BCUT2D eigenvalue weighted by molar-refractivity contribution is -0.385. The Balaban J connectivity index is 0.000000220. The van der Waals surface area contributed by atoms with E-state index < -0.39 is 15.8 Å². The van der Waals surface area contributed by atoms with Crippen LogP contribution in [-0.4, -0.2) is 90.5 Å². The molecule has 5 amide bonds. The van der Waals surface area contributed by atoms with Crippen LogP contribution in [-0.2, 0) is 0 Å². The molecule has 0 aliphatic rings. The van der Waals surface area contributed by atoms with Gasteiger partial charge in [0.25, 0.3) is 40.9 Å². The number of phenolic OH excluding ortho intramolecular Hbond substituents is 5. The lowest BCUT2D eigenvalue weighted by Gasteiger charge is -2.11. The fourth-order valence-corrected chi connectivity index (χ4v) is 11.8. The number of non-ortho nitro benzene ring substituents is 2. The number of aryl methyl sites for hydroxylation is 10. The number of carbonyl (C=O) groups excluding carboxylic acids is 5. The third kappa shape index (κ3) is 29.6. The summed E-state index contributed by atoms with van der Waals surface area (Å²) in [6.45, 7) is 19.1. The number of para-hydroxylation sites is 2. The molecule has 0 aliphatic heterocycles. The fourth-order valence-electron chi connectivity index (χ4n) is 10.4. The van der Waals surface area contributed by atoms with Crippen molar-refractivity contribution in [2.75, 3.05) is 26.6 Å². The number of nitro groups is 2. The molecule has 0 bridgehead atoms. The molecule has 10 aromatic rings. The van der Waals surface area contributed by atoms with E-state index in [0.29, 0.717) is 54.9 Å². The molecule has 0 radical (unpaired) electrons. The highest BCUT2D eigenvalue weighted by molar-refractivity contribution is 7.81. The van der Waals surface area contributed by atoms with Crippen LogP contribution in [0.15, 0.2) is 188 Å². The largest absolute Gasteiger partial charge is 0.506 e. The summed E-state index contributed by atoms with van der Waals surface area (Å²) in [5, 5.41) is 97.3. The van der Waals surface area contributed by atoms with Gasteiger partial charge in [0.2, 0.25) is 0 Å². The first-order valence-electron chi connectivity index (χ1n) is 33.4. The number of halogens is 2. The number of benzene rings is 10. The molecule has 0 saturated heterocycles. The summed E-state index contributed by atoms with van der Waals surface area (Å²) in [6.07, 6.45) is 0. The van der Waals surface area contributed by atoms with Crippen LogP contribution >= 0.6 is 84.3 Å². The summed E-state index contributed by atoms with van der Waals surface area (Å²) < 4.78 is 0. The highest BCUT2D eigenvalue weighted by Crippen LogP contribution is 2.31. The van der Waals surface area contributed by atoms with Crippen molar-refractivity contribution in [2.45, 2.75) is 69.2 Å². The average Bonchev–Trinajstić information content (AvgIpc) is 0.868. The first kappa shape index (κ1) is 89.3. The zero-order chi connectivity index (χ0) is 83.7. The molecule has 0 spiro atoms. The number of carbonyl (C=O) groups is 5. The van der Waals surface area contributed by atoms with Gasteiger partial charge in [-0.1, -0.05) is 121 Å². The van der Waals surface area contributed by atoms with Gasteiger partial charge < -0.3 is 52.1 Å². The number of aromatic hydroxyl groups is 5. The minimum atomic E-state index is -0.621. The van der Waals surface area contributed by atoms with Crippen molar-refractivity contribution in [3.05, 3.63) is 302 Å². The highest BCUT2D eigenvalue weighted by atomic mass is 35.5. The standard InChI is InChI=1S/2C16H15ClN2O2S.2C16H15N3O4S.C16H16N2O2S/c1-9-5-10(2)7-11(6-9)15(21)19-16(22)18-13-8-12(17)3-4-14(13)20;1-9-5-10(2)7-11(6-9)15(21)19-16(22)18-13-4-3-12(17)8-14(13)20;1-9-5-10(2)7-11(6-9)15(21)18-16(24)17-13-8-12(19(22)23)3-4-14(13)20;1-9-5-10(2)7-11(6-9)15(21)18-16(24)17-13-4-3-12(19(22)23)8-14(13)20;1-10-7-11(2)9-12(8-10)15(20)18-16(21)17-13-5-3-4-6-14(13)19/h2*3-8,20H,1-2H3,(H2,18,19,21,22);2*3-8,20H,1-2H3,(H2,17,18,21,24);3-9,19H,1-2H3,(H2,17,18,20,21). The average molecular weight is 1660 g/mol. The second kappa shape index (κ2) is 42.0. The number of thiocarbonyl (C=S) groups is 5. The molecule has 15 N–H and O–H groups in total. The summed E-state index contributed by atoms with van der Waals surface area (Å²) in [6, 6.07) is 50.2. The SMILES string of the molecule is Cc1cc(C)cc(C(=O)NC(=S)Nc2cc(Cl)ccc2O)c1.Cc1cc(C)cc(C(=O)NC(=S)Nc2cc([N+](=O)[O-])ccc2O)c1.Cc1cc(C)cc(C(=O)NC(=S)Nc2ccc(Cl)cc2O)c1.Cc1cc(C)cc(C(=O)NC(=S)Nc2ccc([N+](=O)[O-])cc2O)c1.Cc1cc(C)cc(C(=O)NC(=S)Nc2ccccc2O)c1. The summed E-state index contributed by atoms with van der Waals surface area (Å²) in [5.41, 5.74) is 13.2. The predicted octanol–water partition coefficient (Wildman–Crippen LogP) is 16.8. The van der Waals surface area contributed by atoms with E-state index in [0.717, 1.165) is 73.8 Å². The number of amides is 5. The number of anilines is 5. The smallest absolute Gasteiger partial charge is 0.273 e. The van der Waals surface area contributed by atoms with Crippen molar-refractivity contribution >= 4 is 179 Å². The van der Waals surface area contributed by atoms with E-state index >= 15 is 0 Å². The maximum Gasteiger partial charge on any atom is 0.273 e. The summed E-state index contributed by atoms with van der Waals surface area (Å²) in [7, 11) is 0. The van der Waals surface area contributed by atoms with E-state index in [-0.39, 0.29) is 101 Å². The van der Waals surface area contributed by atoms with E-state index in [1.54, 1.807) is 97.1 Å². The van der Waals surface area contributed by atoms with Gasteiger partial charge in [0.05, 0.1) is 44.3 Å². The number of nitrogens with zero attached hydrogens (tertiary/aromatic N) is 2. The van der Waals surface area contributed by atoms with Crippen molar-refractivity contribution in [1.82, 2.24) is 26.6 Å². The maximum atomic E-state index is 12.2. The third-order valence-electron chi connectivity index (χ3n) is 15.0. The second-order valence-corrected chi connectivity index (χ2v) is 28.1. The van der Waals surface area contributed by atoms with Gasteiger partial charge in [-0.15, -0.1) is 0 Å². The van der Waals surface area contributed by atoms with Crippen molar-refractivity contribution in [3.63, 3.8) is 0 Å². The Morgan fingerprint density at radius 2 is 0.513 bits per heavy atom. The summed E-state index contributed by atoms with van der Waals surface area (Å²) >= 11 is 36.9. The van der Waals surface area contributed by atoms with Crippen LogP contribution in [0.3, 0.4) is 0 Å². The Labute approximate surface area is 686 Å². The van der Waals surface area contributed by atoms with Gasteiger partial charge in [-0.05, 0) is 246 Å². The number of phenols is 5. The summed E-state index contributed by atoms with van der Waals surface area (Å²) in [5.74, 6) is -2.25. The van der Waals surface area contributed by atoms with Gasteiger partial charge in [-0.3, -0.25) is 70.8 Å². The Morgan fingerprint density at radius 1 is 0.283 bits per heavy atom. The fraction of sp³-hybridized carbons (Fsp3) is 0.125. The van der Waals surface area contributed by atoms with Gasteiger partial charge in [-0.2, -0.15) is 0 Å². The minimum absolute atomic E-state index is 0.00704. The Hall–Kier alpha value is -12.6. The topological polar surface area (TPSA) is 393 Å². The molecule has 113 heavy (non-hydrogen) atoms. The first-order chi connectivity index (χ1) is 53.2. The molecule has 584 valence electrons. The van der Waals surface area contributed by atoms with Crippen LogP contribution in [0.4, 0.5) is 39.8 Å². The molecular formula is C80H76Cl2N12O14S5. The molecule has 0 aromatic heterocycles. The lowest BCUT2D eigenvalue weighted by atomic mass is 10.1. The highest BCUT2D eigenvalue weighted by Gasteiger charge is 2.19. The van der Waals surface area contributed by atoms with E-state index in [9.17, 15) is 69.7 Å². The van der Waals surface area contributed by atoms with Gasteiger partial charge in [0, 0.05) is 62.1 Å². The normalized spacial score (nSPS) is 10.1. The van der Waals surface area contributed by atoms with Gasteiger partial charge in [0.1, 0.15) is 28.7 Å². The Kier molecular flexibility index (Phi) is 33.2. The van der Waals surface area contributed by atoms with Gasteiger partial charge >= 0.3 is 0 Å². The van der Waals surface area contributed by atoms with Crippen LogP contribution in [0, 0.1) is 89.5 Å². The Bertz CT molecular complexity index is 5280. The lowest BCUT2D eigenvalue weighted by Crippen LogP contribution is -2.34. The molecular weight excluding hydrogens is 1580 g/mol. The Morgan fingerprint density at radius 3 is 0.814 bits per heavy atom. The van der Waals surface area contributed by atoms with Crippen LogP contribution in [0.25, 0.3) is 0 Å². The molecule has 0 aliphatic carbocycles. The number of nitro benzene ring substituents is 2. The molecule has 0 atom stereocenters. The van der Waals surface area contributed by atoms with Crippen molar-refractivity contribution < 1.29 is 59.4 Å². The molecule has 0 heterocycles. The quantitative estimate of drug-likeness (QED) is 0.0234. The molecule has 10 aromatic carbocycles. The van der Waals surface area contributed by atoms with Crippen molar-refractivity contribution in [3.8, 4) is 28.7 Å². The molecule has 10 rings (SSSR count). The molecule has 0 saturated carbocycles. The van der Waals surface area contributed by atoms with Crippen LogP contribution in [0.1, 0.15) is 107 Å². The molecule has 26 nitrogen and oxygen atoms in total. The van der Waals surface area contributed by atoms with Gasteiger partial charge in [0.15, 0.2) is 25.6 Å². The third-order valence-corrected chi connectivity index (χ3v) is 16.5. The number of hydrogen-bond donors (Lipinski definition) is 15. The zero-order valence-corrected chi connectivity index (χ0v) is 67.6. The monoisotopic (exact) mass is 1660 g/mol. The van der Waals surface area contributed by atoms with Crippen LogP contribution in [0.5, 0.6) is 28.7 Å². The molecule has 0 unspecified atom stereocenters. The maximum absolute atomic E-state index is 12.2. The van der Waals surface area contributed by atoms with Crippen molar-refractivity contribution in [2.24, 2.45) is 0 Å². The summed E-state index contributed by atoms with van der Waals surface area (Å²) in [4.78, 5) is 81.1. The number of hydrogen-bond acceptors (Lipinski definition) is 19.